The summed E-state index contributed by atoms with van der Waals surface area (Å²) in [7, 11) is 1.38. The number of nitrogens with one attached hydrogen (secondary N) is 3. The van der Waals surface area contributed by atoms with E-state index in [9.17, 15) is 19.5 Å². The quantitative estimate of drug-likeness (QED) is 0.434. The van der Waals surface area contributed by atoms with E-state index < -0.39 is 17.2 Å². The first kappa shape index (κ1) is 19.3. The Morgan fingerprint density at radius 3 is 2.77 bits per heavy atom. The van der Waals surface area contributed by atoms with Crippen molar-refractivity contribution in [1.82, 2.24) is 15.4 Å². The number of H-pyrrole nitrogens is 2. The number of aromatic nitrogens is 2. The molecule has 0 unspecified atom stereocenters. The maximum absolute atomic E-state index is 11.8. The van der Waals surface area contributed by atoms with Crippen molar-refractivity contribution < 1.29 is 14.6 Å². The molecule has 1 aromatic carbocycles. The van der Waals surface area contributed by atoms with Gasteiger partial charge in [-0.1, -0.05) is 11.6 Å². The van der Waals surface area contributed by atoms with Crippen LogP contribution in [0.5, 0.6) is 11.5 Å². The topological polar surface area (TPSA) is 137 Å². The highest BCUT2D eigenvalue weighted by Crippen LogP contribution is 2.34. The zero-order chi connectivity index (χ0) is 19.3. The summed E-state index contributed by atoms with van der Waals surface area (Å²) in [6.07, 6.45) is 1.49. The van der Waals surface area contributed by atoms with Crippen LogP contribution in [0.25, 0.3) is 0 Å². The standard InChI is InChI=1S/C16H17ClN4O5/c1-8-10(15(24)20-16(25)19-8)3-4-13(22)21-18-7-9-5-11(17)14(23)12(6-9)26-2/h5-7,23H,3-4H2,1-2H3,(H,21,22)(H2,19,20,24,25)/b18-7+. The molecule has 0 spiro atoms. The first-order valence-electron chi connectivity index (χ1n) is 7.52. The number of carbonyl (C=O) groups excluding carboxylic acids is 1. The van der Waals surface area contributed by atoms with Crippen molar-refractivity contribution in [2.24, 2.45) is 5.10 Å². The van der Waals surface area contributed by atoms with Crippen molar-refractivity contribution in [2.45, 2.75) is 19.8 Å². The Morgan fingerprint density at radius 1 is 1.38 bits per heavy atom. The molecule has 1 aromatic heterocycles. The Kier molecular flexibility index (Phi) is 6.18. The van der Waals surface area contributed by atoms with Gasteiger partial charge in [0, 0.05) is 17.7 Å². The largest absolute Gasteiger partial charge is 0.503 e. The molecule has 4 N–H and O–H groups in total. The number of aryl methyl sites for hydroxylation is 1. The zero-order valence-electron chi connectivity index (χ0n) is 14.1. The monoisotopic (exact) mass is 380 g/mol. The first-order chi connectivity index (χ1) is 12.3. The average Bonchev–Trinajstić information content (AvgIpc) is 2.56. The van der Waals surface area contributed by atoms with Crippen LogP contribution in [0.2, 0.25) is 5.02 Å². The van der Waals surface area contributed by atoms with Gasteiger partial charge in [-0.3, -0.25) is 14.6 Å². The molecule has 138 valence electrons. The van der Waals surface area contributed by atoms with Gasteiger partial charge >= 0.3 is 5.69 Å². The van der Waals surface area contributed by atoms with E-state index in [1.54, 1.807) is 6.92 Å². The number of methoxy groups -OCH3 is 1. The number of nitrogens with zero attached hydrogens (tertiary/aromatic N) is 1. The number of halogens is 1. The maximum atomic E-state index is 11.8. The van der Waals surface area contributed by atoms with Crippen LogP contribution in [0.4, 0.5) is 0 Å². The van der Waals surface area contributed by atoms with Gasteiger partial charge in [0.1, 0.15) is 0 Å². The molecule has 10 heteroatoms. The summed E-state index contributed by atoms with van der Waals surface area (Å²) in [4.78, 5) is 39.3. The van der Waals surface area contributed by atoms with E-state index >= 15 is 0 Å². The van der Waals surface area contributed by atoms with E-state index in [1.807, 2.05) is 0 Å². The fourth-order valence-corrected chi connectivity index (χ4v) is 2.44. The predicted molar refractivity (Wildman–Crippen MR) is 96.1 cm³/mol. The predicted octanol–water partition coefficient (Wildman–Crippen LogP) is 0.822. The lowest BCUT2D eigenvalue weighted by molar-refractivity contribution is -0.121. The lowest BCUT2D eigenvalue weighted by atomic mass is 10.1. The molecule has 0 aliphatic rings. The Bertz CT molecular complexity index is 964. The molecule has 0 aliphatic carbocycles. The molecule has 0 atom stereocenters. The number of hydrogen-bond acceptors (Lipinski definition) is 6. The zero-order valence-corrected chi connectivity index (χ0v) is 14.8. The smallest absolute Gasteiger partial charge is 0.325 e. The van der Waals surface area contributed by atoms with Crippen molar-refractivity contribution in [3.63, 3.8) is 0 Å². The molecule has 0 saturated heterocycles. The number of aromatic hydroxyl groups is 1. The van der Waals surface area contributed by atoms with Crippen LogP contribution in [0.3, 0.4) is 0 Å². The molecule has 0 radical (unpaired) electrons. The Hall–Kier alpha value is -3.07. The third kappa shape index (κ3) is 4.73. The normalized spacial score (nSPS) is 10.9. The summed E-state index contributed by atoms with van der Waals surface area (Å²) in [6.45, 7) is 1.59. The van der Waals surface area contributed by atoms with Gasteiger partial charge in [-0.05, 0) is 31.0 Å². The fourth-order valence-electron chi connectivity index (χ4n) is 2.22. The van der Waals surface area contributed by atoms with Gasteiger partial charge in [-0.2, -0.15) is 5.10 Å². The number of hydrogen-bond donors (Lipinski definition) is 4. The Balaban J connectivity index is 1.97. The lowest BCUT2D eigenvalue weighted by Gasteiger charge is -2.06. The second-order valence-electron chi connectivity index (χ2n) is 5.36. The highest BCUT2D eigenvalue weighted by atomic mass is 35.5. The number of aromatic amines is 2. The number of rotatable bonds is 6. The summed E-state index contributed by atoms with van der Waals surface area (Å²) >= 11 is 5.86. The SMILES string of the molecule is COc1cc(/C=N/NC(=O)CCc2c(C)[nH]c(=O)[nH]c2=O)cc(Cl)c1O. The van der Waals surface area contributed by atoms with Crippen LogP contribution < -0.4 is 21.4 Å². The minimum absolute atomic E-state index is 0.00690. The van der Waals surface area contributed by atoms with Crippen molar-refractivity contribution in [1.29, 1.82) is 0 Å². The van der Waals surface area contributed by atoms with Gasteiger partial charge in [-0.15, -0.1) is 0 Å². The van der Waals surface area contributed by atoms with Crippen LogP contribution in [-0.2, 0) is 11.2 Å². The second-order valence-corrected chi connectivity index (χ2v) is 5.77. The van der Waals surface area contributed by atoms with Gasteiger partial charge in [0.25, 0.3) is 5.56 Å². The third-order valence-electron chi connectivity index (χ3n) is 3.53. The molecule has 0 saturated carbocycles. The first-order valence-corrected chi connectivity index (χ1v) is 7.90. The van der Waals surface area contributed by atoms with Crippen LogP contribution in [-0.4, -0.2) is 34.3 Å². The molecule has 2 rings (SSSR count). The number of carbonyl (C=O) groups is 1. The van der Waals surface area contributed by atoms with Crippen LogP contribution in [0, 0.1) is 6.92 Å². The second kappa shape index (κ2) is 8.34. The molecule has 0 fully saturated rings. The van der Waals surface area contributed by atoms with Crippen LogP contribution >= 0.6 is 11.6 Å². The van der Waals surface area contributed by atoms with Gasteiger partial charge in [0.05, 0.1) is 18.3 Å². The van der Waals surface area contributed by atoms with Gasteiger partial charge in [0.15, 0.2) is 11.5 Å². The third-order valence-corrected chi connectivity index (χ3v) is 3.82. The van der Waals surface area contributed by atoms with Crippen molar-refractivity contribution in [3.05, 3.63) is 54.8 Å². The number of benzene rings is 1. The van der Waals surface area contributed by atoms with E-state index in [2.05, 4.69) is 20.5 Å². The summed E-state index contributed by atoms with van der Waals surface area (Å²) in [5.74, 6) is -0.419. The minimum atomic E-state index is -0.590. The molecule has 1 heterocycles. The molecule has 0 bridgehead atoms. The number of amides is 1. The summed E-state index contributed by atoms with van der Waals surface area (Å²) < 4.78 is 4.97. The molecule has 1 amide bonds. The highest BCUT2D eigenvalue weighted by Gasteiger charge is 2.09. The van der Waals surface area contributed by atoms with E-state index in [0.717, 1.165) is 0 Å². The number of phenols is 1. The summed E-state index contributed by atoms with van der Waals surface area (Å²) in [5.41, 5.74) is 2.48. The maximum Gasteiger partial charge on any atom is 0.325 e. The number of phenolic OH excluding ortho intramolecular Hbond substituents is 1. The van der Waals surface area contributed by atoms with Gasteiger partial charge in [0.2, 0.25) is 5.91 Å². The molecular formula is C16H17ClN4O5. The van der Waals surface area contributed by atoms with Crippen molar-refractivity contribution in [2.75, 3.05) is 7.11 Å². The number of hydrazone groups is 1. The molecule has 9 nitrogen and oxygen atoms in total. The highest BCUT2D eigenvalue weighted by molar-refractivity contribution is 6.32. The van der Waals surface area contributed by atoms with E-state index in [1.165, 1.54) is 25.5 Å². The molecule has 0 aliphatic heterocycles. The molecule has 26 heavy (non-hydrogen) atoms. The Labute approximate surface area is 152 Å². The molecule has 2 aromatic rings. The lowest BCUT2D eigenvalue weighted by Crippen LogP contribution is -2.28. The summed E-state index contributed by atoms with van der Waals surface area (Å²) in [6, 6.07) is 2.96. The minimum Gasteiger partial charge on any atom is -0.503 e. The summed E-state index contributed by atoms with van der Waals surface area (Å²) in [5, 5.41) is 13.5. The number of ether oxygens (including phenoxy) is 1. The van der Waals surface area contributed by atoms with Crippen LogP contribution in [0.1, 0.15) is 23.2 Å². The fraction of sp³-hybridized carbons (Fsp3) is 0.250. The van der Waals surface area contributed by atoms with Gasteiger partial charge < -0.3 is 14.8 Å². The van der Waals surface area contributed by atoms with Crippen molar-refractivity contribution in [3.8, 4) is 11.5 Å². The average molecular weight is 381 g/mol. The van der Waals surface area contributed by atoms with E-state index in [-0.39, 0.29) is 29.4 Å². The Morgan fingerprint density at radius 2 is 2.12 bits per heavy atom. The van der Waals surface area contributed by atoms with E-state index in [0.29, 0.717) is 16.8 Å². The van der Waals surface area contributed by atoms with Crippen LogP contribution in [0.15, 0.2) is 26.8 Å². The van der Waals surface area contributed by atoms with E-state index in [4.69, 9.17) is 16.3 Å². The molecular weight excluding hydrogens is 364 g/mol. The van der Waals surface area contributed by atoms with Crippen molar-refractivity contribution >= 4 is 23.7 Å². The van der Waals surface area contributed by atoms with Gasteiger partial charge in [-0.25, -0.2) is 10.2 Å².